The Morgan fingerprint density at radius 3 is 2.54 bits per heavy atom. The molecule has 0 N–H and O–H groups in total. The number of hydrogen-bond donors (Lipinski definition) is 0. The smallest absolute Gasteiger partial charge is 0.254 e. The van der Waals surface area contributed by atoms with Crippen molar-refractivity contribution in [2.45, 2.75) is 82.6 Å². The summed E-state index contributed by atoms with van der Waals surface area (Å²) in [5.41, 5.74) is 3.33. The van der Waals surface area contributed by atoms with E-state index in [1.807, 2.05) is 23.1 Å². The molecular weight excluding hydrogens is 434 g/mol. The Hall–Kier alpha value is -2.66. The summed E-state index contributed by atoms with van der Waals surface area (Å²) in [6, 6.07) is 20.2. The van der Waals surface area contributed by atoms with Crippen LogP contribution < -0.4 is 0 Å². The highest BCUT2D eigenvalue weighted by molar-refractivity contribution is 5.95. The summed E-state index contributed by atoms with van der Waals surface area (Å²) in [4.78, 5) is 33.2. The SMILES string of the molecule is CN1[C@H](Cc2ccccc2)[C@@H]2C[C@@]3(C)[C@H](CCC[C@@H]13)N2C(=O)c1cccc(CN2CCCC2=O)c1. The summed E-state index contributed by atoms with van der Waals surface area (Å²) in [6.45, 7) is 3.86. The monoisotopic (exact) mass is 471 g/mol. The summed E-state index contributed by atoms with van der Waals surface area (Å²) in [7, 11) is 2.30. The number of nitrogens with zero attached hydrogens (tertiary/aromatic N) is 3. The van der Waals surface area contributed by atoms with Crippen LogP contribution >= 0.6 is 0 Å². The van der Waals surface area contributed by atoms with Gasteiger partial charge in [0, 0.05) is 54.7 Å². The van der Waals surface area contributed by atoms with Crippen molar-refractivity contribution in [1.29, 1.82) is 0 Å². The number of likely N-dealkylation sites (tertiary alicyclic amines) is 3. The van der Waals surface area contributed by atoms with Crippen LogP contribution in [-0.4, -0.2) is 64.3 Å². The highest BCUT2D eigenvalue weighted by Gasteiger charge is 2.62. The molecule has 0 radical (unpaired) electrons. The Morgan fingerprint density at radius 2 is 1.77 bits per heavy atom. The van der Waals surface area contributed by atoms with Crippen LogP contribution in [0.1, 0.15) is 66.9 Å². The van der Waals surface area contributed by atoms with Gasteiger partial charge in [0.25, 0.3) is 5.91 Å². The van der Waals surface area contributed by atoms with E-state index in [-0.39, 0.29) is 23.3 Å². The molecule has 2 aromatic rings. The van der Waals surface area contributed by atoms with Crippen LogP contribution in [-0.2, 0) is 17.8 Å². The second kappa shape index (κ2) is 8.77. The standard InChI is InChI=1S/C30H37N3O2/c1-30-19-25-24(18-21-9-4-3-5-10-21)31(2)26(30)13-7-14-27(30)33(25)29(35)23-12-6-11-22(17-23)20-32-16-8-15-28(32)34/h3-6,9-12,17,24-27H,7-8,13-16,18-20H2,1-2H3/t24-,25+,26-,27+,30-/m1/s1. The average molecular weight is 472 g/mol. The Kier molecular flexibility index (Phi) is 5.71. The first-order valence-electron chi connectivity index (χ1n) is 13.4. The number of piperidine rings is 1. The van der Waals surface area contributed by atoms with E-state index in [0.29, 0.717) is 31.1 Å². The molecule has 5 heteroatoms. The van der Waals surface area contributed by atoms with E-state index in [1.165, 1.54) is 18.4 Å². The molecule has 5 nitrogen and oxygen atoms in total. The maximum Gasteiger partial charge on any atom is 0.254 e. The van der Waals surface area contributed by atoms with Crippen LogP contribution in [0.5, 0.6) is 0 Å². The first kappa shape index (κ1) is 22.8. The van der Waals surface area contributed by atoms with Crippen molar-refractivity contribution >= 4 is 11.8 Å². The van der Waals surface area contributed by atoms with Gasteiger partial charge in [-0.15, -0.1) is 0 Å². The van der Waals surface area contributed by atoms with Crippen molar-refractivity contribution < 1.29 is 9.59 Å². The maximum absolute atomic E-state index is 14.2. The fourth-order valence-corrected chi connectivity index (χ4v) is 7.86. The molecule has 0 aromatic heterocycles. The Labute approximate surface area is 209 Å². The topological polar surface area (TPSA) is 43.9 Å². The lowest BCUT2D eigenvalue weighted by atomic mass is 9.64. The summed E-state index contributed by atoms with van der Waals surface area (Å²) in [5.74, 6) is 0.398. The third-order valence-corrected chi connectivity index (χ3v) is 9.52. The van der Waals surface area contributed by atoms with E-state index < -0.39 is 0 Å². The molecule has 2 bridgehead atoms. The number of amides is 2. The first-order valence-corrected chi connectivity index (χ1v) is 13.4. The number of hydrogen-bond acceptors (Lipinski definition) is 3. The van der Waals surface area contributed by atoms with Crippen LogP contribution in [0.3, 0.4) is 0 Å². The average Bonchev–Trinajstić information content (AvgIpc) is 3.41. The number of carbonyl (C=O) groups excluding carboxylic acids is 2. The van der Waals surface area contributed by atoms with E-state index in [0.717, 1.165) is 43.4 Å². The summed E-state index contributed by atoms with van der Waals surface area (Å²) < 4.78 is 0. The van der Waals surface area contributed by atoms with Crippen molar-refractivity contribution in [2.24, 2.45) is 5.41 Å². The minimum atomic E-state index is 0.153. The zero-order chi connectivity index (χ0) is 24.2. The minimum Gasteiger partial charge on any atom is -0.338 e. The van der Waals surface area contributed by atoms with Gasteiger partial charge in [0.05, 0.1) is 0 Å². The number of likely N-dealkylation sites (N-methyl/N-ethyl adjacent to an activating group) is 1. The Bertz CT molecular complexity index is 1120. The summed E-state index contributed by atoms with van der Waals surface area (Å²) >= 11 is 0. The third kappa shape index (κ3) is 3.79. The molecule has 3 heterocycles. The predicted octanol–water partition coefficient (Wildman–Crippen LogP) is 4.51. The van der Waals surface area contributed by atoms with Crippen LogP contribution in [0, 0.1) is 5.41 Å². The predicted molar refractivity (Wildman–Crippen MR) is 137 cm³/mol. The largest absolute Gasteiger partial charge is 0.338 e. The van der Waals surface area contributed by atoms with Gasteiger partial charge in [0.1, 0.15) is 0 Å². The molecule has 6 rings (SSSR count). The van der Waals surface area contributed by atoms with E-state index in [9.17, 15) is 9.59 Å². The third-order valence-electron chi connectivity index (χ3n) is 9.52. The van der Waals surface area contributed by atoms with Crippen molar-refractivity contribution in [3.8, 4) is 0 Å². The Balaban J connectivity index is 1.32. The fourth-order valence-electron chi connectivity index (χ4n) is 7.86. The fraction of sp³-hybridized carbons (Fsp3) is 0.533. The zero-order valence-electron chi connectivity index (χ0n) is 21.0. The van der Waals surface area contributed by atoms with Gasteiger partial charge in [0.2, 0.25) is 5.91 Å². The molecule has 4 fully saturated rings. The van der Waals surface area contributed by atoms with Gasteiger partial charge in [-0.05, 0) is 68.8 Å². The molecule has 0 spiro atoms. The number of rotatable bonds is 5. The molecule has 184 valence electrons. The highest BCUT2D eigenvalue weighted by atomic mass is 16.2. The molecule has 2 aromatic carbocycles. The highest BCUT2D eigenvalue weighted by Crippen LogP contribution is 2.56. The lowest BCUT2D eigenvalue weighted by Crippen LogP contribution is -2.59. The molecule has 1 saturated carbocycles. The molecule has 3 saturated heterocycles. The zero-order valence-corrected chi connectivity index (χ0v) is 21.0. The molecular formula is C30H37N3O2. The lowest BCUT2D eigenvalue weighted by molar-refractivity contribution is -0.128. The van der Waals surface area contributed by atoms with Crippen molar-refractivity contribution in [3.63, 3.8) is 0 Å². The number of fused-ring (bicyclic) bond motifs is 1. The minimum absolute atomic E-state index is 0.153. The summed E-state index contributed by atoms with van der Waals surface area (Å²) in [6.07, 6.45) is 7.16. The van der Waals surface area contributed by atoms with Crippen molar-refractivity contribution in [2.75, 3.05) is 13.6 Å². The molecule has 0 unspecified atom stereocenters. The van der Waals surface area contributed by atoms with Crippen LogP contribution in [0.15, 0.2) is 54.6 Å². The van der Waals surface area contributed by atoms with E-state index in [2.05, 4.69) is 60.2 Å². The number of benzene rings is 2. The van der Waals surface area contributed by atoms with Crippen LogP contribution in [0.2, 0.25) is 0 Å². The van der Waals surface area contributed by atoms with Gasteiger partial charge in [-0.3, -0.25) is 14.5 Å². The molecule has 1 aliphatic carbocycles. The Morgan fingerprint density at radius 1 is 1.00 bits per heavy atom. The van der Waals surface area contributed by atoms with Gasteiger partial charge < -0.3 is 9.80 Å². The van der Waals surface area contributed by atoms with Gasteiger partial charge in [0.15, 0.2) is 0 Å². The molecule has 2 amide bonds. The second-order valence-corrected chi connectivity index (χ2v) is 11.5. The van der Waals surface area contributed by atoms with Gasteiger partial charge in [-0.1, -0.05) is 49.4 Å². The maximum atomic E-state index is 14.2. The van der Waals surface area contributed by atoms with E-state index in [1.54, 1.807) is 0 Å². The number of carbonyl (C=O) groups is 2. The van der Waals surface area contributed by atoms with Gasteiger partial charge >= 0.3 is 0 Å². The molecule has 4 aliphatic rings. The molecule has 35 heavy (non-hydrogen) atoms. The van der Waals surface area contributed by atoms with Crippen molar-refractivity contribution in [3.05, 3.63) is 71.3 Å². The van der Waals surface area contributed by atoms with E-state index in [4.69, 9.17) is 0 Å². The van der Waals surface area contributed by atoms with Crippen LogP contribution in [0.4, 0.5) is 0 Å². The van der Waals surface area contributed by atoms with Crippen LogP contribution in [0.25, 0.3) is 0 Å². The molecule has 3 aliphatic heterocycles. The lowest BCUT2D eigenvalue weighted by Gasteiger charge is -2.51. The van der Waals surface area contributed by atoms with Gasteiger partial charge in [-0.2, -0.15) is 0 Å². The summed E-state index contributed by atoms with van der Waals surface area (Å²) in [5, 5.41) is 0. The molecule has 5 atom stereocenters. The van der Waals surface area contributed by atoms with Gasteiger partial charge in [-0.25, -0.2) is 0 Å². The first-order chi connectivity index (χ1) is 17.0. The van der Waals surface area contributed by atoms with Crippen molar-refractivity contribution in [1.82, 2.24) is 14.7 Å². The van der Waals surface area contributed by atoms with E-state index >= 15 is 0 Å². The quantitative estimate of drug-likeness (QED) is 0.645. The second-order valence-electron chi connectivity index (χ2n) is 11.5. The normalized spacial score (nSPS) is 32.3.